The highest BCUT2D eigenvalue weighted by molar-refractivity contribution is 5.92. The Bertz CT molecular complexity index is 687. The van der Waals surface area contributed by atoms with Crippen LogP contribution >= 0.6 is 0 Å². The van der Waals surface area contributed by atoms with Crippen LogP contribution in [0.15, 0.2) is 24.5 Å². The lowest BCUT2D eigenvalue weighted by Crippen LogP contribution is -2.34. The molecule has 3 heterocycles. The molecule has 1 N–H and O–H groups in total. The summed E-state index contributed by atoms with van der Waals surface area (Å²) in [7, 11) is 5.60. The fourth-order valence-corrected chi connectivity index (χ4v) is 3.52. The van der Waals surface area contributed by atoms with Crippen LogP contribution in [-0.4, -0.2) is 38.7 Å². The molecule has 1 aliphatic rings. The number of carbonyl (C=O) groups excluding carboxylic acids is 1. The Kier molecular flexibility index (Phi) is 4.52. The van der Waals surface area contributed by atoms with Gasteiger partial charge in [0.25, 0.3) is 5.91 Å². The predicted octanol–water partition coefficient (Wildman–Crippen LogP) is 1.85. The van der Waals surface area contributed by atoms with E-state index in [1.807, 2.05) is 35.6 Å². The number of likely N-dealkylation sites (tertiary alicyclic amines) is 1. The minimum absolute atomic E-state index is 0.0339. The SMILES string of the molecule is CNC(=O)c1ccc([C@H]2CCCCN2Cc2cnn(C)c2)n1C. The highest BCUT2D eigenvalue weighted by atomic mass is 16.1. The third-order valence-electron chi connectivity index (χ3n) is 4.72. The standard InChI is InChI=1S/C17H25N5O/c1-18-17(23)16-8-7-14(21(16)3)15-6-4-5-9-22(15)12-13-10-19-20(2)11-13/h7-8,10-11,15H,4-6,9,12H2,1-3H3,(H,18,23)/t15-/m1/s1. The first kappa shape index (κ1) is 15.8. The zero-order chi connectivity index (χ0) is 16.4. The summed E-state index contributed by atoms with van der Waals surface area (Å²) < 4.78 is 3.88. The van der Waals surface area contributed by atoms with E-state index in [2.05, 4.69) is 27.6 Å². The van der Waals surface area contributed by atoms with Gasteiger partial charge in [-0.2, -0.15) is 5.10 Å². The Morgan fingerprint density at radius 3 is 2.87 bits per heavy atom. The van der Waals surface area contributed by atoms with Crippen molar-refractivity contribution in [1.82, 2.24) is 24.6 Å². The molecule has 0 aromatic carbocycles. The van der Waals surface area contributed by atoms with Crippen molar-refractivity contribution in [2.45, 2.75) is 31.8 Å². The van der Waals surface area contributed by atoms with E-state index in [-0.39, 0.29) is 5.91 Å². The zero-order valence-electron chi connectivity index (χ0n) is 14.1. The Balaban J connectivity index is 1.84. The molecule has 6 nitrogen and oxygen atoms in total. The van der Waals surface area contributed by atoms with Gasteiger partial charge in [-0.05, 0) is 31.5 Å². The molecule has 1 fully saturated rings. The van der Waals surface area contributed by atoms with Gasteiger partial charge in [0.15, 0.2) is 0 Å². The maximum atomic E-state index is 11.9. The van der Waals surface area contributed by atoms with E-state index in [9.17, 15) is 4.79 Å². The lowest BCUT2D eigenvalue weighted by atomic mass is 9.99. The van der Waals surface area contributed by atoms with Gasteiger partial charge in [0, 0.05) is 45.1 Å². The molecular weight excluding hydrogens is 290 g/mol. The molecule has 2 aromatic heterocycles. The van der Waals surface area contributed by atoms with Crippen molar-refractivity contribution in [3.05, 3.63) is 41.5 Å². The number of rotatable bonds is 4. The second-order valence-electron chi connectivity index (χ2n) is 6.29. The van der Waals surface area contributed by atoms with Crippen molar-refractivity contribution < 1.29 is 4.79 Å². The first-order chi connectivity index (χ1) is 11.1. The van der Waals surface area contributed by atoms with Gasteiger partial charge >= 0.3 is 0 Å². The fourth-order valence-electron chi connectivity index (χ4n) is 3.52. The molecule has 0 radical (unpaired) electrons. The molecule has 6 heteroatoms. The number of amides is 1. The molecule has 3 rings (SSSR count). The summed E-state index contributed by atoms with van der Waals surface area (Å²) in [5, 5.41) is 6.98. The molecular formula is C17H25N5O. The highest BCUT2D eigenvalue weighted by Crippen LogP contribution is 2.32. The number of aromatic nitrogens is 3. The lowest BCUT2D eigenvalue weighted by Gasteiger charge is -2.36. The topological polar surface area (TPSA) is 55.1 Å². The van der Waals surface area contributed by atoms with E-state index in [0.717, 1.165) is 25.2 Å². The van der Waals surface area contributed by atoms with Crippen LogP contribution in [0.25, 0.3) is 0 Å². The first-order valence-electron chi connectivity index (χ1n) is 8.19. The molecule has 23 heavy (non-hydrogen) atoms. The molecule has 1 saturated heterocycles. The fraction of sp³-hybridized carbons (Fsp3) is 0.529. The monoisotopic (exact) mass is 315 g/mol. The molecule has 0 aliphatic carbocycles. The van der Waals surface area contributed by atoms with Crippen LogP contribution in [0.3, 0.4) is 0 Å². The Hall–Kier alpha value is -2.08. The molecule has 2 aromatic rings. The zero-order valence-corrected chi connectivity index (χ0v) is 14.1. The van der Waals surface area contributed by atoms with E-state index >= 15 is 0 Å². The molecule has 0 unspecified atom stereocenters. The second kappa shape index (κ2) is 6.58. The molecule has 1 amide bonds. The van der Waals surface area contributed by atoms with Gasteiger partial charge in [-0.15, -0.1) is 0 Å². The summed E-state index contributed by atoms with van der Waals surface area (Å²) in [5.74, 6) is -0.0339. The Morgan fingerprint density at radius 2 is 2.17 bits per heavy atom. The normalized spacial score (nSPS) is 19.0. The van der Waals surface area contributed by atoms with Crippen LogP contribution in [-0.2, 0) is 20.6 Å². The Labute approximate surface area is 137 Å². The van der Waals surface area contributed by atoms with E-state index in [1.165, 1.54) is 24.1 Å². The maximum absolute atomic E-state index is 11.9. The van der Waals surface area contributed by atoms with E-state index in [1.54, 1.807) is 7.05 Å². The maximum Gasteiger partial charge on any atom is 0.267 e. The van der Waals surface area contributed by atoms with Gasteiger partial charge in [0.1, 0.15) is 5.69 Å². The third kappa shape index (κ3) is 3.17. The Morgan fingerprint density at radius 1 is 1.35 bits per heavy atom. The summed E-state index contributed by atoms with van der Waals surface area (Å²) in [6.45, 7) is 1.99. The molecule has 0 spiro atoms. The third-order valence-corrected chi connectivity index (χ3v) is 4.72. The molecule has 0 saturated carbocycles. The van der Waals surface area contributed by atoms with Gasteiger partial charge < -0.3 is 9.88 Å². The van der Waals surface area contributed by atoms with E-state index in [0.29, 0.717) is 6.04 Å². The molecule has 1 aliphatic heterocycles. The number of aryl methyl sites for hydroxylation is 1. The first-order valence-corrected chi connectivity index (χ1v) is 8.19. The van der Waals surface area contributed by atoms with E-state index < -0.39 is 0 Å². The smallest absolute Gasteiger partial charge is 0.267 e. The van der Waals surface area contributed by atoms with Gasteiger partial charge in [-0.25, -0.2) is 0 Å². The lowest BCUT2D eigenvalue weighted by molar-refractivity contribution is 0.0952. The summed E-state index contributed by atoms with van der Waals surface area (Å²) in [4.78, 5) is 14.5. The van der Waals surface area contributed by atoms with Crippen LogP contribution in [0, 0.1) is 0 Å². The second-order valence-corrected chi connectivity index (χ2v) is 6.29. The number of nitrogens with zero attached hydrogens (tertiary/aromatic N) is 4. The number of hydrogen-bond donors (Lipinski definition) is 1. The largest absolute Gasteiger partial charge is 0.354 e. The number of carbonyl (C=O) groups is 1. The van der Waals surface area contributed by atoms with Gasteiger partial charge in [-0.3, -0.25) is 14.4 Å². The summed E-state index contributed by atoms with van der Waals surface area (Å²) in [5.41, 5.74) is 3.17. The summed E-state index contributed by atoms with van der Waals surface area (Å²) >= 11 is 0. The predicted molar refractivity (Wildman–Crippen MR) is 89.0 cm³/mol. The van der Waals surface area contributed by atoms with Crippen molar-refractivity contribution in [1.29, 1.82) is 0 Å². The van der Waals surface area contributed by atoms with Gasteiger partial charge in [0.05, 0.1) is 12.2 Å². The molecule has 0 bridgehead atoms. The van der Waals surface area contributed by atoms with Crippen molar-refractivity contribution in [2.24, 2.45) is 14.1 Å². The van der Waals surface area contributed by atoms with Crippen LogP contribution in [0.4, 0.5) is 0 Å². The van der Waals surface area contributed by atoms with Gasteiger partial charge in [-0.1, -0.05) is 6.42 Å². The van der Waals surface area contributed by atoms with Crippen molar-refractivity contribution >= 4 is 5.91 Å². The van der Waals surface area contributed by atoms with E-state index in [4.69, 9.17) is 0 Å². The minimum Gasteiger partial charge on any atom is -0.354 e. The summed E-state index contributed by atoms with van der Waals surface area (Å²) in [6.07, 6.45) is 7.60. The van der Waals surface area contributed by atoms with Crippen LogP contribution in [0.5, 0.6) is 0 Å². The van der Waals surface area contributed by atoms with Gasteiger partial charge in [0.2, 0.25) is 0 Å². The van der Waals surface area contributed by atoms with Crippen molar-refractivity contribution in [2.75, 3.05) is 13.6 Å². The number of hydrogen-bond acceptors (Lipinski definition) is 3. The molecule has 124 valence electrons. The van der Waals surface area contributed by atoms with Crippen molar-refractivity contribution in [3.63, 3.8) is 0 Å². The van der Waals surface area contributed by atoms with Crippen LogP contribution in [0.2, 0.25) is 0 Å². The average Bonchev–Trinajstić information content (AvgIpc) is 3.13. The summed E-state index contributed by atoms with van der Waals surface area (Å²) in [6, 6.07) is 4.37. The van der Waals surface area contributed by atoms with Crippen molar-refractivity contribution in [3.8, 4) is 0 Å². The quantitative estimate of drug-likeness (QED) is 0.937. The highest BCUT2D eigenvalue weighted by Gasteiger charge is 2.27. The number of piperidine rings is 1. The van der Waals surface area contributed by atoms with Crippen LogP contribution in [0.1, 0.15) is 47.1 Å². The average molecular weight is 315 g/mol. The minimum atomic E-state index is -0.0339. The number of nitrogens with one attached hydrogen (secondary N) is 1. The molecule has 1 atom stereocenters. The van der Waals surface area contributed by atoms with Crippen LogP contribution < -0.4 is 5.32 Å².